The van der Waals surface area contributed by atoms with Gasteiger partial charge < -0.3 is 10.5 Å². The van der Waals surface area contributed by atoms with Crippen LogP contribution in [0.4, 0.5) is 5.95 Å². The van der Waals surface area contributed by atoms with Crippen LogP contribution >= 0.6 is 24.0 Å². The van der Waals surface area contributed by atoms with E-state index in [1.807, 2.05) is 18.4 Å². The van der Waals surface area contributed by atoms with E-state index < -0.39 is 6.04 Å². The van der Waals surface area contributed by atoms with E-state index in [9.17, 15) is 0 Å². The number of nitrogens with two attached hydrogens (primary N) is 1. The molecule has 0 aliphatic carbocycles. The lowest BCUT2D eigenvalue weighted by Crippen LogP contribution is -2.29. The number of ether oxygens (including phenoxy) is 1. The van der Waals surface area contributed by atoms with Gasteiger partial charge in [0.2, 0.25) is 11.1 Å². The third-order valence-corrected chi connectivity index (χ3v) is 5.64. The molecule has 3 rings (SSSR count). The summed E-state index contributed by atoms with van der Waals surface area (Å²) in [6.07, 6.45) is 6.31. The van der Waals surface area contributed by atoms with E-state index in [-0.39, 0.29) is 10.9 Å². The summed E-state index contributed by atoms with van der Waals surface area (Å²) in [6, 6.07) is 7.80. The number of nitrogen functional groups attached to an aromatic ring is 1. The molecule has 1 saturated heterocycles. The first-order valence-corrected chi connectivity index (χ1v) is 11.2. The second kappa shape index (κ2) is 10.1. The van der Waals surface area contributed by atoms with E-state index in [0.717, 1.165) is 12.3 Å². The van der Waals surface area contributed by atoms with Crippen molar-refractivity contribution in [3.8, 4) is 5.75 Å². The zero-order valence-corrected chi connectivity index (χ0v) is 17.8. The molecule has 0 bridgehead atoms. The topological polar surface area (TPSA) is 93.0 Å². The van der Waals surface area contributed by atoms with Crippen LogP contribution in [0.3, 0.4) is 0 Å². The number of anilines is 1. The molecule has 1 radical (unpaired) electrons. The highest BCUT2D eigenvalue weighted by Gasteiger charge is 2.20. The van der Waals surface area contributed by atoms with Crippen molar-refractivity contribution >= 4 is 34.9 Å². The molecule has 2 heterocycles. The second-order valence-electron chi connectivity index (χ2n) is 6.90. The first kappa shape index (κ1) is 20.9. The number of likely N-dealkylation sites (tertiary alicyclic amines) is 1. The van der Waals surface area contributed by atoms with Crippen molar-refractivity contribution < 1.29 is 4.74 Å². The molecule has 1 aromatic heterocycles. The summed E-state index contributed by atoms with van der Waals surface area (Å²) in [4.78, 5) is 6.74. The Morgan fingerprint density at radius 3 is 2.82 bits per heavy atom. The minimum Gasteiger partial charge on any atom is -0.493 e. The first-order valence-electron chi connectivity index (χ1n) is 9.52. The Balaban J connectivity index is 1.57. The Bertz CT molecular complexity index is 790. The molecule has 0 saturated carbocycles. The summed E-state index contributed by atoms with van der Waals surface area (Å²) in [5.74, 6) is 1.10. The summed E-state index contributed by atoms with van der Waals surface area (Å²) in [5, 5.41) is 4.90. The SMILES string of the molecule is CSc1nc(N)n(C(CCOc2cccc(CN3CCCCC3)c2)C([NH])=S)n1. The van der Waals surface area contributed by atoms with Crippen molar-refractivity contribution in [2.75, 3.05) is 31.7 Å². The lowest BCUT2D eigenvalue weighted by Gasteiger charge is -2.26. The normalized spacial score (nSPS) is 16.0. The Morgan fingerprint density at radius 1 is 1.36 bits per heavy atom. The molecule has 28 heavy (non-hydrogen) atoms. The van der Waals surface area contributed by atoms with Gasteiger partial charge in [-0.05, 0) is 49.9 Å². The summed E-state index contributed by atoms with van der Waals surface area (Å²) < 4.78 is 7.47. The minimum absolute atomic E-state index is 0.0757. The molecule has 151 valence electrons. The molecule has 0 spiro atoms. The van der Waals surface area contributed by atoms with Gasteiger partial charge in [-0.15, -0.1) is 5.10 Å². The number of nitrogens with zero attached hydrogens (tertiary/aromatic N) is 4. The quantitative estimate of drug-likeness (QED) is 0.493. The smallest absolute Gasteiger partial charge is 0.220 e. The van der Waals surface area contributed by atoms with E-state index in [1.165, 1.54) is 54.4 Å². The molecule has 2 aromatic rings. The molecule has 1 atom stereocenters. The maximum atomic E-state index is 7.92. The summed E-state index contributed by atoms with van der Waals surface area (Å²) >= 11 is 6.51. The number of thiocarbonyl (C=S) groups is 1. The minimum atomic E-state index is -0.431. The van der Waals surface area contributed by atoms with Crippen LogP contribution in [-0.2, 0) is 6.54 Å². The Kier molecular flexibility index (Phi) is 7.52. The van der Waals surface area contributed by atoms with E-state index in [2.05, 4.69) is 27.1 Å². The fraction of sp³-hybridized carbons (Fsp3) is 0.526. The van der Waals surface area contributed by atoms with E-state index >= 15 is 0 Å². The molecule has 3 N–H and O–H groups in total. The van der Waals surface area contributed by atoms with Gasteiger partial charge in [-0.3, -0.25) is 10.6 Å². The number of hydrogen-bond acceptors (Lipinski definition) is 7. The van der Waals surface area contributed by atoms with E-state index in [1.54, 1.807) is 0 Å². The zero-order chi connectivity index (χ0) is 19.9. The van der Waals surface area contributed by atoms with Crippen LogP contribution in [0.25, 0.3) is 0 Å². The Hall–Kier alpha value is -1.84. The molecule has 7 nitrogen and oxygen atoms in total. The molecule has 1 fully saturated rings. The van der Waals surface area contributed by atoms with Gasteiger partial charge in [0.25, 0.3) is 0 Å². The predicted molar refractivity (Wildman–Crippen MR) is 117 cm³/mol. The molecule has 0 amide bonds. The maximum absolute atomic E-state index is 7.92. The predicted octanol–water partition coefficient (Wildman–Crippen LogP) is 3.19. The van der Waals surface area contributed by atoms with Crippen LogP contribution in [0.1, 0.15) is 37.3 Å². The lowest BCUT2D eigenvalue weighted by molar-refractivity contribution is 0.220. The number of rotatable bonds is 9. The van der Waals surface area contributed by atoms with Crippen LogP contribution in [0.2, 0.25) is 0 Å². The number of benzene rings is 1. The fourth-order valence-corrected chi connectivity index (χ4v) is 3.97. The maximum Gasteiger partial charge on any atom is 0.220 e. The van der Waals surface area contributed by atoms with Crippen molar-refractivity contribution in [2.24, 2.45) is 0 Å². The molecule has 9 heteroatoms. The first-order chi connectivity index (χ1) is 13.6. The highest BCUT2D eigenvalue weighted by Crippen LogP contribution is 2.21. The van der Waals surface area contributed by atoms with Crippen molar-refractivity contribution in [1.29, 1.82) is 0 Å². The van der Waals surface area contributed by atoms with Crippen LogP contribution in [-0.4, -0.2) is 50.6 Å². The third kappa shape index (κ3) is 5.59. The van der Waals surface area contributed by atoms with Gasteiger partial charge in [-0.1, -0.05) is 42.5 Å². The van der Waals surface area contributed by atoms with Crippen molar-refractivity contribution in [3.63, 3.8) is 0 Å². The van der Waals surface area contributed by atoms with Gasteiger partial charge in [0, 0.05) is 13.0 Å². The molecular formula is C19H27N6OS2. The average Bonchev–Trinajstić information content (AvgIpc) is 3.06. The zero-order valence-electron chi connectivity index (χ0n) is 16.1. The number of hydrogen-bond donors (Lipinski definition) is 1. The lowest BCUT2D eigenvalue weighted by atomic mass is 10.1. The van der Waals surface area contributed by atoms with Crippen LogP contribution in [0, 0.1) is 0 Å². The Morgan fingerprint density at radius 2 is 2.14 bits per heavy atom. The second-order valence-corrected chi connectivity index (χ2v) is 8.12. The highest BCUT2D eigenvalue weighted by atomic mass is 32.2. The van der Waals surface area contributed by atoms with Crippen molar-refractivity contribution in [1.82, 2.24) is 25.4 Å². The van der Waals surface area contributed by atoms with Crippen LogP contribution in [0.5, 0.6) is 5.75 Å². The number of nitrogens with one attached hydrogen (secondary N) is 1. The van der Waals surface area contributed by atoms with Gasteiger partial charge in [0.15, 0.2) is 0 Å². The van der Waals surface area contributed by atoms with E-state index in [4.69, 9.17) is 28.4 Å². The third-order valence-electron chi connectivity index (χ3n) is 4.83. The molecule has 1 aliphatic rings. The fourth-order valence-electron chi connectivity index (χ4n) is 3.39. The van der Waals surface area contributed by atoms with Gasteiger partial charge in [-0.25, -0.2) is 4.68 Å². The number of aromatic nitrogens is 3. The molecule has 1 aromatic carbocycles. The van der Waals surface area contributed by atoms with Gasteiger partial charge >= 0.3 is 0 Å². The largest absolute Gasteiger partial charge is 0.493 e. The molecular weight excluding hydrogens is 392 g/mol. The van der Waals surface area contributed by atoms with Crippen molar-refractivity contribution in [2.45, 2.75) is 43.4 Å². The average molecular weight is 420 g/mol. The summed E-state index contributed by atoms with van der Waals surface area (Å²) in [6.45, 7) is 3.73. The summed E-state index contributed by atoms with van der Waals surface area (Å²) in [5.41, 5.74) is 15.1. The van der Waals surface area contributed by atoms with Crippen molar-refractivity contribution in [3.05, 3.63) is 29.8 Å². The van der Waals surface area contributed by atoms with Crippen LogP contribution in [0.15, 0.2) is 29.4 Å². The monoisotopic (exact) mass is 419 g/mol. The number of thioether (sulfide) groups is 1. The van der Waals surface area contributed by atoms with Gasteiger partial charge in [0.05, 0.1) is 6.61 Å². The highest BCUT2D eigenvalue weighted by molar-refractivity contribution is 7.98. The Labute approximate surface area is 175 Å². The molecule has 1 unspecified atom stereocenters. The van der Waals surface area contributed by atoms with Gasteiger partial charge in [0.1, 0.15) is 16.8 Å². The van der Waals surface area contributed by atoms with E-state index in [0.29, 0.717) is 18.2 Å². The van der Waals surface area contributed by atoms with Gasteiger partial charge in [-0.2, -0.15) is 4.98 Å². The standard InChI is InChI=1S/C19H27N6OS2/c1-28-19-22-18(21)25(23-19)16(17(20)27)8-11-26-15-7-5-6-14(12-15)13-24-9-3-2-4-10-24/h5-7,12,16,20H,2-4,8-11,13H2,1H3,(H2,21,22,23). The molecule has 1 aliphatic heterocycles. The summed E-state index contributed by atoms with van der Waals surface area (Å²) in [7, 11) is 0. The number of piperidine rings is 1. The van der Waals surface area contributed by atoms with Crippen LogP contribution < -0.4 is 16.2 Å².